The van der Waals surface area contributed by atoms with E-state index >= 15 is 0 Å². The maximum absolute atomic E-state index is 12.8. The standard InChI is InChI=1S/C16H20BrNO3/c1-3-21-16(20)14-6-4-5-9-18(14)15(19)13-8-7-12(17)10-11(13)2/h7-8,10,14H,3-6,9H2,1-2H3. The molecule has 1 amide bonds. The molecule has 0 saturated carbocycles. The maximum atomic E-state index is 12.8. The van der Waals surface area contributed by atoms with Crippen molar-refractivity contribution < 1.29 is 14.3 Å². The van der Waals surface area contributed by atoms with E-state index in [0.717, 1.165) is 22.9 Å². The highest BCUT2D eigenvalue weighted by Crippen LogP contribution is 2.23. The molecule has 1 aromatic carbocycles. The van der Waals surface area contributed by atoms with E-state index in [1.807, 2.05) is 19.1 Å². The minimum Gasteiger partial charge on any atom is -0.464 e. The molecule has 0 bridgehead atoms. The summed E-state index contributed by atoms with van der Waals surface area (Å²) in [6, 6.07) is 5.12. The number of rotatable bonds is 3. The Balaban J connectivity index is 2.24. The molecular formula is C16H20BrNO3. The Morgan fingerprint density at radius 3 is 2.81 bits per heavy atom. The molecule has 1 aromatic rings. The van der Waals surface area contributed by atoms with Crippen LogP contribution < -0.4 is 0 Å². The molecule has 1 fully saturated rings. The Hall–Kier alpha value is -1.36. The molecule has 1 unspecified atom stereocenters. The highest BCUT2D eigenvalue weighted by atomic mass is 79.9. The van der Waals surface area contributed by atoms with E-state index < -0.39 is 6.04 Å². The van der Waals surface area contributed by atoms with Crippen LogP contribution >= 0.6 is 15.9 Å². The quantitative estimate of drug-likeness (QED) is 0.783. The number of aryl methyl sites for hydroxylation is 1. The van der Waals surface area contributed by atoms with Crippen molar-refractivity contribution in [1.82, 2.24) is 4.90 Å². The zero-order chi connectivity index (χ0) is 15.4. The summed E-state index contributed by atoms with van der Waals surface area (Å²) in [6.45, 7) is 4.64. The molecule has 1 heterocycles. The van der Waals surface area contributed by atoms with Crippen molar-refractivity contribution in [2.45, 2.75) is 39.2 Å². The van der Waals surface area contributed by atoms with Crippen molar-refractivity contribution >= 4 is 27.8 Å². The number of halogens is 1. The van der Waals surface area contributed by atoms with Gasteiger partial charge in [-0.3, -0.25) is 4.79 Å². The van der Waals surface area contributed by atoms with Crippen molar-refractivity contribution in [3.63, 3.8) is 0 Å². The van der Waals surface area contributed by atoms with Gasteiger partial charge in [0.25, 0.3) is 5.91 Å². The van der Waals surface area contributed by atoms with Gasteiger partial charge in [0, 0.05) is 16.6 Å². The van der Waals surface area contributed by atoms with Gasteiger partial charge in [0.2, 0.25) is 0 Å². The first-order chi connectivity index (χ1) is 10.0. The third-order valence-corrected chi connectivity index (χ3v) is 4.23. The van der Waals surface area contributed by atoms with Gasteiger partial charge in [-0.25, -0.2) is 4.79 Å². The minimum absolute atomic E-state index is 0.0854. The van der Waals surface area contributed by atoms with Crippen LogP contribution in [0.4, 0.5) is 0 Å². The number of nitrogens with zero attached hydrogens (tertiary/aromatic N) is 1. The molecule has 1 aliphatic heterocycles. The summed E-state index contributed by atoms with van der Waals surface area (Å²) >= 11 is 3.40. The monoisotopic (exact) mass is 353 g/mol. The molecule has 114 valence electrons. The third kappa shape index (κ3) is 3.64. The molecule has 1 atom stereocenters. The van der Waals surface area contributed by atoms with E-state index in [1.54, 1.807) is 17.9 Å². The molecule has 21 heavy (non-hydrogen) atoms. The lowest BCUT2D eigenvalue weighted by molar-refractivity contribution is -0.149. The fourth-order valence-corrected chi connectivity index (χ4v) is 3.16. The number of piperidine rings is 1. The van der Waals surface area contributed by atoms with Crippen LogP contribution in [0.2, 0.25) is 0 Å². The summed E-state index contributed by atoms with van der Waals surface area (Å²) in [5.41, 5.74) is 1.55. The van der Waals surface area contributed by atoms with E-state index in [1.165, 1.54) is 0 Å². The van der Waals surface area contributed by atoms with Crippen LogP contribution in [0.15, 0.2) is 22.7 Å². The maximum Gasteiger partial charge on any atom is 0.328 e. The Morgan fingerprint density at radius 1 is 1.38 bits per heavy atom. The second-order valence-corrected chi connectivity index (χ2v) is 6.14. The normalized spacial score (nSPS) is 18.4. The van der Waals surface area contributed by atoms with Crippen molar-refractivity contribution in [2.75, 3.05) is 13.2 Å². The van der Waals surface area contributed by atoms with Gasteiger partial charge in [0.1, 0.15) is 6.04 Å². The van der Waals surface area contributed by atoms with Crippen LogP contribution in [-0.2, 0) is 9.53 Å². The van der Waals surface area contributed by atoms with E-state index in [2.05, 4.69) is 15.9 Å². The Kier molecular flexibility index (Phi) is 5.39. The van der Waals surface area contributed by atoms with Gasteiger partial charge in [-0.15, -0.1) is 0 Å². The molecule has 1 aliphatic rings. The third-order valence-electron chi connectivity index (χ3n) is 3.74. The first-order valence-electron chi connectivity index (χ1n) is 7.28. The second-order valence-electron chi connectivity index (χ2n) is 5.22. The lowest BCUT2D eigenvalue weighted by Gasteiger charge is -2.34. The zero-order valence-electron chi connectivity index (χ0n) is 12.4. The number of ether oxygens (including phenoxy) is 1. The van der Waals surface area contributed by atoms with Crippen LogP contribution in [0.1, 0.15) is 42.1 Å². The van der Waals surface area contributed by atoms with Crippen molar-refractivity contribution in [1.29, 1.82) is 0 Å². The predicted molar refractivity (Wildman–Crippen MR) is 84.2 cm³/mol. The van der Waals surface area contributed by atoms with E-state index in [0.29, 0.717) is 25.1 Å². The first kappa shape index (κ1) is 16.0. The molecule has 0 aromatic heterocycles. The average molecular weight is 354 g/mol. The SMILES string of the molecule is CCOC(=O)C1CCCCN1C(=O)c1ccc(Br)cc1C. The number of esters is 1. The Morgan fingerprint density at radius 2 is 2.14 bits per heavy atom. The summed E-state index contributed by atoms with van der Waals surface area (Å²) in [5, 5.41) is 0. The fourth-order valence-electron chi connectivity index (χ4n) is 2.68. The predicted octanol–water partition coefficient (Wildman–Crippen LogP) is 3.32. The Labute approximate surface area is 133 Å². The van der Waals surface area contributed by atoms with Crippen LogP contribution in [-0.4, -0.2) is 36.0 Å². The Bertz CT molecular complexity index is 544. The largest absolute Gasteiger partial charge is 0.464 e. The van der Waals surface area contributed by atoms with Gasteiger partial charge in [0.15, 0.2) is 0 Å². The van der Waals surface area contributed by atoms with Crippen LogP contribution in [0.5, 0.6) is 0 Å². The summed E-state index contributed by atoms with van der Waals surface area (Å²) in [7, 11) is 0. The number of carbonyl (C=O) groups excluding carboxylic acids is 2. The summed E-state index contributed by atoms with van der Waals surface area (Å²) in [6.07, 6.45) is 2.56. The van der Waals surface area contributed by atoms with Crippen molar-refractivity contribution in [3.05, 3.63) is 33.8 Å². The molecule has 0 N–H and O–H groups in total. The number of hydrogen-bond donors (Lipinski definition) is 0. The number of likely N-dealkylation sites (tertiary alicyclic amines) is 1. The van der Waals surface area contributed by atoms with Gasteiger partial charge < -0.3 is 9.64 Å². The topological polar surface area (TPSA) is 46.6 Å². The number of amides is 1. The highest BCUT2D eigenvalue weighted by Gasteiger charge is 2.33. The van der Waals surface area contributed by atoms with Crippen LogP contribution in [0, 0.1) is 6.92 Å². The zero-order valence-corrected chi connectivity index (χ0v) is 14.0. The molecule has 5 heteroatoms. The first-order valence-corrected chi connectivity index (χ1v) is 8.07. The van der Waals surface area contributed by atoms with E-state index in [9.17, 15) is 9.59 Å². The van der Waals surface area contributed by atoms with Crippen LogP contribution in [0.25, 0.3) is 0 Å². The molecule has 4 nitrogen and oxygen atoms in total. The van der Waals surface area contributed by atoms with E-state index in [-0.39, 0.29) is 11.9 Å². The van der Waals surface area contributed by atoms with Gasteiger partial charge in [0.05, 0.1) is 6.61 Å². The number of benzene rings is 1. The second kappa shape index (κ2) is 7.07. The van der Waals surface area contributed by atoms with Crippen LogP contribution in [0.3, 0.4) is 0 Å². The minimum atomic E-state index is -0.450. The lowest BCUT2D eigenvalue weighted by atomic mass is 9.99. The summed E-state index contributed by atoms with van der Waals surface area (Å²) in [4.78, 5) is 26.5. The van der Waals surface area contributed by atoms with Crippen molar-refractivity contribution in [2.24, 2.45) is 0 Å². The van der Waals surface area contributed by atoms with Gasteiger partial charge in [-0.1, -0.05) is 15.9 Å². The number of carbonyl (C=O) groups is 2. The summed E-state index contributed by atoms with van der Waals surface area (Å²) in [5.74, 6) is -0.377. The molecule has 0 aliphatic carbocycles. The van der Waals surface area contributed by atoms with E-state index in [4.69, 9.17) is 4.74 Å². The molecule has 0 spiro atoms. The average Bonchev–Trinajstić information content (AvgIpc) is 2.47. The lowest BCUT2D eigenvalue weighted by Crippen LogP contribution is -2.48. The van der Waals surface area contributed by atoms with Gasteiger partial charge in [-0.2, -0.15) is 0 Å². The fraction of sp³-hybridized carbons (Fsp3) is 0.500. The van der Waals surface area contributed by atoms with Gasteiger partial charge in [-0.05, 0) is 56.9 Å². The molecular weight excluding hydrogens is 334 g/mol. The van der Waals surface area contributed by atoms with Gasteiger partial charge >= 0.3 is 5.97 Å². The summed E-state index contributed by atoms with van der Waals surface area (Å²) < 4.78 is 6.05. The highest BCUT2D eigenvalue weighted by molar-refractivity contribution is 9.10. The molecule has 1 saturated heterocycles. The van der Waals surface area contributed by atoms with Crippen molar-refractivity contribution in [3.8, 4) is 0 Å². The smallest absolute Gasteiger partial charge is 0.328 e. The number of hydrogen-bond acceptors (Lipinski definition) is 3. The molecule has 0 radical (unpaired) electrons. The molecule has 2 rings (SSSR count).